The molecule has 0 aliphatic rings. The zero-order valence-electron chi connectivity index (χ0n) is 15.4. The van der Waals surface area contributed by atoms with Crippen LogP contribution in [0.25, 0.3) is 11.4 Å². The molecular formula is C18H18ClFN6O2. The summed E-state index contributed by atoms with van der Waals surface area (Å²) in [7, 11) is 3.17. The Hall–Kier alpha value is -3.20. The van der Waals surface area contributed by atoms with E-state index in [0.29, 0.717) is 10.6 Å². The molecule has 0 spiro atoms. The number of nitrogens with zero attached hydrogens (tertiary/aromatic N) is 4. The summed E-state index contributed by atoms with van der Waals surface area (Å²) in [5.41, 5.74) is 1.36. The fourth-order valence-electron chi connectivity index (χ4n) is 2.58. The van der Waals surface area contributed by atoms with Gasteiger partial charge in [-0.3, -0.25) is 5.32 Å². The smallest absolute Gasteiger partial charge is 0.413 e. The van der Waals surface area contributed by atoms with Gasteiger partial charge >= 0.3 is 6.09 Å². The highest BCUT2D eigenvalue weighted by atomic mass is 35.5. The maximum Gasteiger partial charge on any atom is 0.413 e. The van der Waals surface area contributed by atoms with Crippen molar-refractivity contribution in [1.82, 2.24) is 20.0 Å². The van der Waals surface area contributed by atoms with Gasteiger partial charge in [0.1, 0.15) is 6.10 Å². The van der Waals surface area contributed by atoms with Crippen molar-refractivity contribution in [3.05, 3.63) is 52.9 Å². The van der Waals surface area contributed by atoms with Crippen LogP contribution in [0.4, 0.5) is 20.7 Å². The normalized spacial score (nSPS) is 11.8. The van der Waals surface area contributed by atoms with E-state index >= 15 is 0 Å². The van der Waals surface area contributed by atoms with Crippen molar-refractivity contribution in [3.63, 3.8) is 0 Å². The first kappa shape index (κ1) is 19.6. The molecule has 1 atom stereocenters. The Labute approximate surface area is 165 Å². The highest BCUT2D eigenvalue weighted by Crippen LogP contribution is 2.28. The van der Waals surface area contributed by atoms with Crippen molar-refractivity contribution in [2.24, 2.45) is 7.05 Å². The Balaban J connectivity index is 1.80. The van der Waals surface area contributed by atoms with Gasteiger partial charge in [-0.1, -0.05) is 35.0 Å². The van der Waals surface area contributed by atoms with Crippen LogP contribution in [0.1, 0.15) is 18.6 Å². The molecule has 0 saturated heterocycles. The van der Waals surface area contributed by atoms with Gasteiger partial charge in [0.15, 0.2) is 11.5 Å². The molecule has 1 aromatic carbocycles. The molecule has 2 N–H and O–H groups in total. The predicted octanol–water partition coefficient (Wildman–Crippen LogP) is 4.02. The van der Waals surface area contributed by atoms with Gasteiger partial charge in [-0.05, 0) is 25.1 Å². The molecule has 0 bridgehead atoms. The first-order chi connectivity index (χ1) is 13.4. The zero-order valence-corrected chi connectivity index (χ0v) is 16.2. The highest BCUT2D eigenvalue weighted by molar-refractivity contribution is 6.31. The fraction of sp³-hybridized carbons (Fsp3) is 0.222. The van der Waals surface area contributed by atoms with Gasteiger partial charge in [0.25, 0.3) is 0 Å². The number of hydrogen-bond acceptors (Lipinski definition) is 6. The Morgan fingerprint density at radius 1 is 1.29 bits per heavy atom. The third-order valence-corrected chi connectivity index (χ3v) is 4.38. The largest absolute Gasteiger partial charge is 0.441 e. The second kappa shape index (κ2) is 8.22. The van der Waals surface area contributed by atoms with E-state index in [4.69, 9.17) is 16.3 Å². The molecule has 3 rings (SSSR count). The second-order valence-electron chi connectivity index (χ2n) is 5.89. The number of hydrogen-bond donors (Lipinski definition) is 2. The minimum absolute atomic E-state index is 0.214. The van der Waals surface area contributed by atoms with E-state index in [9.17, 15) is 9.18 Å². The van der Waals surface area contributed by atoms with Crippen LogP contribution in [0.5, 0.6) is 0 Å². The summed E-state index contributed by atoms with van der Waals surface area (Å²) in [4.78, 5) is 16.2. The molecule has 2 aromatic heterocycles. The molecule has 0 aliphatic carbocycles. The van der Waals surface area contributed by atoms with E-state index in [1.165, 1.54) is 10.7 Å². The number of halogens is 2. The van der Waals surface area contributed by atoms with Gasteiger partial charge in [0.2, 0.25) is 5.95 Å². The van der Waals surface area contributed by atoms with Crippen LogP contribution in [0.15, 0.2) is 36.4 Å². The Kier molecular flexibility index (Phi) is 5.74. The number of pyridine rings is 1. The summed E-state index contributed by atoms with van der Waals surface area (Å²) in [6.07, 6.45) is -1.31. The van der Waals surface area contributed by atoms with Crippen molar-refractivity contribution in [1.29, 1.82) is 0 Å². The third kappa shape index (κ3) is 4.04. The summed E-state index contributed by atoms with van der Waals surface area (Å²) in [5.74, 6) is -0.466. The number of carbonyl (C=O) groups excluding carboxylic acids is 1. The third-order valence-electron chi connectivity index (χ3n) is 4.03. The maximum atomic E-state index is 14.0. The Morgan fingerprint density at radius 3 is 2.71 bits per heavy atom. The first-order valence-electron chi connectivity index (χ1n) is 8.37. The second-order valence-corrected chi connectivity index (χ2v) is 6.30. The van der Waals surface area contributed by atoms with Crippen molar-refractivity contribution in [3.8, 4) is 11.4 Å². The lowest BCUT2D eigenvalue weighted by Gasteiger charge is -2.15. The van der Waals surface area contributed by atoms with Crippen LogP contribution in [0.2, 0.25) is 5.02 Å². The van der Waals surface area contributed by atoms with Crippen molar-refractivity contribution in [2.75, 3.05) is 17.7 Å². The van der Waals surface area contributed by atoms with Crippen LogP contribution in [-0.4, -0.2) is 33.1 Å². The summed E-state index contributed by atoms with van der Waals surface area (Å²) < 4.78 is 20.7. The molecule has 1 amide bonds. The summed E-state index contributed by atoms with van der Waals surface area (Å²) in [6, 6.07) is 10.2. The molecule has 0 radical (unpaired) electrons. The van der Waals surface area contributed by atoms with Crippen molar-refractivity contribution >= 4 is 29.2 Å². The summed E-state index contributed by atoms with van der Waals surface area (Å²) >= 11 is 6.13. The number of aromatic nitrogens is 4. The number of nitrogens with one attached hydrogen (secondary N) is 2. The van der Waals surface area contributed by atoms with Crippen LogP contribution < -0.4 is 10.6 Å². The van der Waals surface area contributed by atoms with Crippen molar-refractivity contribution < 1.29 is 13.9 Å². The molecular weight excluding hydrogens is 387 g/mol. The van der Waals surface area contributed by atoms with E-state index in [0.717, 1.165) is 0 Å². The molecule has 28 heavy (non-hydrogen) atoms. The lowest BCUT2D eigenvalue weighted by Crippen LogP contribution is -2.18. The quantitative estimate of drug-likeness (QED) is 0.624. The first-order valence-corrected chi connectivity index (χ1v) is 8.75. The lowest BCUT2D eigenvalue weighted by molar-refractivity contribution is 0.121. The number of rotatable bonds is 5. The Bertz CT molecular complexity index is 1010. The highest BCUT2D eigenvalue weighted by Gasteiger charge is 2.20. The molecule has 8 nitrogen and oxygen atoms in total. The number of carbonyl (C=O) groups is 1. The van der Waals surface area contributed by atoms with Crippen molar-refractivity contribution in [2.45, 2.75) is 13.0 Å². The number of anilines is 2. The van der Waals surface area contributed by atoms with Crippen LogP contribution in [0, 0.1) is 5.95 Å². The van der Waals surface area contributed by atoms with Gasteiger partial charge < -0.3 is 10.1 Å². The topological polar surface area (TPSA) is 94.0 Å². The number of aryl methyl sites for hydroxylation is 1. The van der Waals surface area contributed by atoms with Crippen LogP contribution in [-0.2, 0) is 11.8 Å². The van der Waals surface area contributed by atoms with Gasteiger partial charge in [-0.25, -0.2) is 14.5 Å². The van der Waals surface area contributed by atoms with Gasteiger partial charge in [-0.15, -0.1) is 5.10 Å². The molecule has 146 valence electrons. The fourth-order valence-corrected chi connectivity index (χ4v) is 2.87. The molecule has 0 fully saturated rings. The Morgan fingerprint density at radius 2 is 2.04 bits per heavy atom. The SMILES string of the molecule is CNc1ccc(-c2nnn(C)c2NC(=O)OC(C)c2ccccc2Cl)nc1F. The molecule has 10 heteroatoms. The van der Waals surface area contributed by atoms with E-state index in [1.807, 2.05) is 0 Å². The minimum atomic E-state index is -0.730. The summed E-state index contributed by atoms with van der Waals surface area (Å²) in [5, 5.41) is 13.6. The maximum absolute atomic E-state index is 14.0. The number of benzene rings is 1. The van der Waals surface area contributed by atoms with E-state index < -0.39 is 18.1 Å². The monoisotopic (exact) mass is 404 g/mol. The van der Waals surface area contributed by atoms with E-state index in [2.05, 4.69) is 25.9 Å². The van der Waals surface area contributed by atoms with Crippen LogP contribution >= 0.6 is 11.6 Å². The molecule has 3 aromatic rings. The van der Waals surface area contributed by atoms with E-state index in [-0.39, 0.29) is 22.9 Å². The minimum Gasteiger partial charge on any atom is -0.441 e. The average molecular weight is 405 g/mol. The molecule has 0 aliphatic heterocycles. The van der Waals surface area contributed by atoms with Gasteiger partial charge in [0.05, 0.1) is 11.4 Å². The molecule has 2 heterocycles. The predicted molar refractivity (Wildman–Crippen MR) is 104 cm³/mol. The lowest BCUT2D eigenvalue weighted by atomic mass is 10.1. The summed E-state index contributed by atoms with van der Waals surface area (Å²) in [6.45, 7) is 1.70. The van der Waals surface area contributed by atoms with E-state index in [1.54, 1.807) is 51.4 Å². The van der Waals surface area contributed by atoms with Crippen LogP contribution in [0.3, 0.4) is 0 Å². The van der Waals surface area contributed by atoms with Gasteiger partial charge in [-0.2, -0.15) is 4.39 Å². The molecule has 1 unspecified atom stereocenters. The van der Waals surface area contributed by atoms with Gasteiger partial charge in [0, 0.05) is 24.7 Å². The number of ether oxygens (including phenoxy) is 1. The average Bonchev–Trinajstić information content (AvgIpc) is 3.02. The standard InChI is InChI=1S/C18H18ClFN6O2/c1-10(11-6-4-5-7-12(11)19)28-18(27)23-17-15(24-25-26(17)3)13-8-9-14(21-2)16(20)22-13/h4-10,21H,1-3H3,(H,23,27). The number of amides is 1. The zero-order chi connectivity index (χ0) is 20.3. The molecule has 0 saturated carbocycles.